The maximum Gasteiger partial charge on any atom is 0.324 e. The van der Waals surface area contributed by atoms with Gasteiger partial charge in [-0.05, 0) is 36.6 Å². The molecule has 0 fully saturated rings. The quantitative estimate of drug-likeness (QED) is 0.541. The number of hydrogen-bond acceptors (Lipinski definition) is 3. The van der Waals surface area contributed by atoms with E-state index in [0.717, 1.165) is 17.7 Å². The van der Waals surface area contributed by atoms with Gasteiger partial charge in [-0.3, -0.25) is 4.79 Å². The van der Waals surface area contributed by atoms with Gasteiger partial charge in [-0.25, -0.2) is 0 Å². The topological polar surface area (TPSA) is 35.5 Å². The summed E-state index contributed by atoms with van der Waals surface area (Å²) in [6, 6.07) is 17.9. The molecule has 0 saturated carbocycles. The van der Waals surface area contributed by atoms with Crippen LogP contribution in [-0.4, -0.2) is 24.6 Å². The molecule has 0 heterocycles. The van der Waals surface area contributed by atoms with E-state index in [-0.39, 0.29) is 5.97 Å². The smallest absolute Gasteiger partial charge is 0.324 e. The van der Waals surface area contributed by atoms with Crippen LogP contribution in [-0.2, 0) is 22.4 Å². The highest BCUT2D eigenvalue weighted by molar-refractivity contribution is 6.30. The van der Waals surface area contributed by atoms with Gasteiger partial charge in [0.05, 0.1) is 13.2 Å². The molecule has 0 radical (unpaired) electrons. The van der Waals surface area contributed by atoms with Gasteiger partial charge < -0.3 is 9.47 Å². The van der Waals surface area contributed by atoms with Crippen molar-refractivity contribution in [3.05, 3.63) is 65.7 Å². The number of carbonyl (C=O) groups excluding carboxylic acids is 1. The first kappa shape index (κ1) is 17.4. The Morgan fingerprint density at radius 1 is 1.04 bits per heavy atom. The largest absolute Gasteiger partial charge is 0.493 e. The summed E-state index contributed by atoms with van der Waals surface area (Å²) in [7, 11) is 0. The minimum absolute atomic E-state index is 0.343. The Kier molecular flexibility index (Phi) is 6.95. The van der Waals surface area contributed by atoms with Crippen LogP contribution < -0.4 is 4.74 Å². The molecule has 0 aliphatic heterocycles. The minimum Gasteiger partial charge on any atom is -0.493 e. The van der Waals surface area contributed by atoms with Gasteiger partial charge in [-0.15, -0.1) is 11.6 Å². The summed E-state index contributed by atoms with van der Waals surface area (Å²) in [4.78, 5) is 11.5. The van der Waals surface area contributed by atoms with E-state index in [1.165, 1.54) is 5.56 Å². The molecule has 23 heavy (non-hydrogen) atoms. The van der Waals surface area contributed by atoms with Crippen molar-refractivity contribution in [1.82, 2.24) is 0 Å². The average Bonchev–Trinajstić information content (AvgIpc) is 2.57. The Labute approximate surface area is 142 Å². The maximum absolute atomic E-state index is 11.5. The zero-order chi connectivity index (χ0) is 16.5. The van der Waals surface area contributed by atoms with Crippen LogP contribution in [0.3, 0.4) is 0 Å². The molecule has 4 heteroatoms. The lowest BCUT2D eigenvalue weighted by Crippen LogP contribution is -2.20. The third kappa shape index (κ3) is 5.95. The van der Waals surface area contributed by atoms with Crippen LogP contribution in [0.15, 0.2) is 54.6 Å². The molecule has 0 amide bonds. The molecule has 0 N–H and O–H groups in total. The molecule has 2 rings (SSSR count). The number of hydrogen-bond donors (Lipinski definition) is 0. The average molecular weight is 333 g/mol. The third-order valence-electron chi connectivity index (χ3n) is 3.38. The zero-order valence-corrected chi connectivity index (χ0v) is 14.0. The summed E-state index contributed by atoms with van der Waals surface area (Å²) in [6.45, 7) is 2.74. The Morgan fingerprint density at radius 3 is 2.39 bits per heavy atom. The molecule has 2 aromatic carbocycles. The van der Waals surface area contributed by atoms with E-state index in [9.17, 15) is 4.79 Å². The highest BCUT2D eigenvalue weighted by Gasteiger charge is 2.16. The Balaban J connectivity index is 1.79. The van der Waals surface area contributed by atoms with E-state index >= 15 is 0 Å². The van der Waals surface area contributed by atoms with Crippen molar-refractivity contribution < 1.29 is 14.3 Å². The van der Waals surface area contributed by atoms with Crippen LogP contribution in [0.25, 0.3) is 0 Å². The fourth-order valence-electron chi connectivity index (χ4n) is 2.18. The molecule has 0 aliphatic rings. The predicted molar refractivity (Wildman–Crippen MR) is 92.1 cm³/mol. The van der Waals surface area contributed by atoms with Gasteiger partial charge in [0, 0.05) is 6.42 Å². The number of alkyl halides is 1. The fourth-order valence-corrected chi connectivity index (χ4v) is 2.42. The Bertz CT molecular complexity index is 596. The molecule has 3 nitrogen and oxygen atoms in total. The molecule has 0 spiro atoms. The van der Waals surface area contributed by atoms with Crippen molar-refractivity contribution in [2.75, 3.05) is 13.2 Å². The molecular weight excluding hydrogens is 312 g/mol. The lowest BCUT2D eigenvalue weighted by atomic mass is 10.1. The first-order valence-electron chi connectivity index (χ1n) is 7.75. The van der Waals surface area contributed by atoms with E-state index in [4.69, 9.17) is 21.1 Å². The fraction of sp³-hybridized carbons (Fsp3) is 0.316. The van der Waals surface area contributed by atoms with E-state index in [1.54, 1.807) is 6.92 Å². The number of halogens is 1. The van der Waals surface area contributed by atoms with E-state index in [2.05, 4.69) is 12.1 Å². The molecule has 0 saturated heterocycles. The summed E-state index contributed by atoms with van der Waals surface area (Å²) < 4.78 is 10.6. The number of benzene rings is 2. The number of esters is 1. The van der Waals surface area contributed by atoms with Crippen molar-refractivity contribution in [3.8, 4) is 5.75 Å². The summed E-state index contributed by atoms with van der Waals surface area (Å²) in [5.41, 5.74) is 2.23. The first-order chi connectivity index (χ1) is 11.2. The van der Waals surface area contributed by atoms with Crippen molar-refractivity contribution in [2.45, 2.75) is 25.1 Å². The van der Waals surface area contributed by atoms with Crippen molar-refractivity contribution in [1.29, 1.82) is 0 Å². The van der Waals surface area contributed by atoms with E-state index < -0.39 is 5.38 Å². The lowest BCUT2D eigenvalue weighted by molar-refractivity contribution is -0.142. The summed E-state index contributed by atoms with van der Waals surface area (Å²) >= 11 is 6.03. The van der Waals surface area contributed by atoms with Crippen LogP contribution in [0.5, 0.6) is 5.75 Å². The van der Waals surface area contributed by atoms with Crippen LogP contribution in [0, 0.1) is 0 Å². The van der Waals surface area contributed by atoms with Gasteiger partial charge in [0.1, 0.15) is 11.1 Å². The Morgan fingerprint density at radius 2 is 1.74 bits per heavy atom. The number of ether oxygens (including phenoxy) is 2. The van der Waals surface area contributed by atoms with E-state index in [0.29, 0.717) is 19.6 Å². The molecule has 1 atom stereocenters. The van der Waals surface area contributed by atoms with Gasteiger partial charge in [0.2, 0.25) is 0 Å². The van der Waals surface area contributed by atoms with Crippen LogP contribution in [0.1, 0.15) is 18.1 Å². The molecule has 2 aromatic rings. The summed E-state index contributed by atoms with van der Waals surface area (Å²) in [5.74, 6) is 0.435. The lowest BCUT2D eigenvalue weighted by Gasteiger charge is -2.10. The second-order valence-corrected chi connectivity index (χ2v) is 5.68. The van der Waals surface area contributed by atoms with E-state index in [1.807, 2.05) is 42.5 Å². The molecular formula is C19H21ClO3. The van der Waals surface area contributed by atoms with Gasteiger partial charge in [-0.1, -0.05) is 42.5 Å². The minimum atomic E-state index is -0.653. The molecule has 0 aromatic heterocycles. The van der Waals surface area contributed by atoms with Crippen LogP contribution in [0.2, 0.25) is 0 Å². The summed E-state index contributed by atoms with van der Waals surface area (Å²) in [6.07, 6.45) is 1.32. The second-order valence-electron chi connectivity index (χ2n) is 5.15. The van der Waals surface area contributed by atoms with Gasteiger partial charge in [0.25, 0.3) is 0 Å². The number of rotatable bonds is 8. The van der Waals surface area contributed by atoms with Gasteiger partial charge in [-0.2, -0.15) is 0 Å². The van der Waals surface area contributed by atoms with Crippen LogP contribution in [0.4, 0.5) is 0 Å². The first-order valence-corrected chi connectivity index (χ1v) is 8.19. The van der Waals surface area contributed by atoms with Crippen molar-refractivity contribution in [2.24, 2.45) is 0 Å². The van der Waals surface area contributed by atoms with Gasteiger partial charge >= 0.3 is 5.97 Å². The van der Waals surface area contributed by atoms with Crippen molar-refractivity contribution in [3.63, 3.8) is 0 Å². The predicted octanol–water partition coefficient (Wildman–Crippen LogP) is 4.02. The normalized spacial score (nSPS) is 11.7. The molecule has 0 aliphatic carbocycles. The molecule has 0 unspecified atom stereocenters. The molecule has 0 bridgehead atoms. The summed E-state index contributed by atoms with van der Waals surface area (Å²) in [5, 5.41) is -0.653. The monoisotopic (exact) mass is 332 g/mol. The highest BCUT2D eigenvalue weighted by Crippen LogP contribution is 2.16. The van der Waals surface area contributed by atoms with Crippen LogP contribution >= 0.6 is 11.6 Å². The maximum atomic E-state index is 11.5. The molecule has 122 valence electrons. The number of carbonyl (C=O) groups is 1. The third-order valence-corrected chi connectivity index (χ3v) is 3.72. The van der Waals surface area contributed by atoms with Gasteiger partial charge in [0.15, 0.2) is 0 Å². The highest BCUT2D eigenvalue weighted by atomic mass is 35.5. The zero-order valence-electron chi connectivity index (χ0n) is 13.2. The SMILES string of the molecule is CCOC(=O)[C@@H](Cl)Cc1ccc(OCCc2ccccc2)cc1. The standard InChI is InChI=1S/C19H21ClO3/c1-2-22-19(21)18(20)14-16-8-10-17(11-9-16)23-13-12-15-6-4-3-5-7-15/h3-11,18H,2,12-14H2,1H3/t18-/m0/s1. The van der Waals surface area contributed by atoms with Crippen molar-refractivity contribution >= 4 is 17.6 Å². The Hall–Kier alpha value is -2.00. The second kappa shape index (κ2) is 9.21.